The molecule has 0 saturated heterocycles. The van der Waals surface area contributed by atoms with Gasteiger partial charge in [-0.2, -0.15) is 0 Å². The molecule has 3 atom stereocenters. The summed E-state index contributed by atoms with van der Waals surface area (Å²) in [4.78, 5) is 23.9. The number of thioether (sulfide) groups is 1. The summed E-state index contributed by atoms with van der Waals surface area (Å²) in [6, 6.07) is 6.51. The number of nitrogens with zero attached hydrogens (tertiary/aromatic N) is 1. The molecule has 4 nitrogen and oxygen atoms in total. The molecule has 0 N–H and O–H groups in total. The van der Waals surface area contributed by atoms with Crippen LogP contribution in [0.3, 0.4) is 0 Å². The molecule has 0 aromatic heterocycles. The van der Waals surface area contributed by atoms with Crippen molar-refractivity contribution in [3.8, 4) is 0 Å². The second-order valence-corrected chi connectivity index (χ2v) is 8.06. The van der Waals surface area contributed by atoms with Crippen molar-refractivity contribution in [1.82, 2.24) is 0 Å². The van der Waals surface area contributed by atoms with E-state index < -0.39 is 4.92 Å². The van der Waals surface area contributed by atoms with Crippen LogP contribution in [0, 0.1) is 26.9 Å². The van der Waals surface area contributed by atoms with Crippen LogP contribution in [-0.4, -0.2) is 16.0 Å². The van der Waals surface area contributed by atoms with E-state index in [2.05, 4.69) is 20.8 Å². The Kier molecular flexibility index (Phi) is 3.17. The first-order valence-corrected chi connectivity index (χ1v) is 8.10. The quantitative estimate of drug-likeness (QED) is 0.623. The fourth-order valence-electron chi connectivity index (χ4n) is 3.96. The van der Waals surface area contributed by atoms with Crippen molar-refractivity contribution in [2.45, 2.75) is 43.8 Å². The summed E-state index contributed by atoms with van der Waals surface area (Å²) in [5.41, 5.74) is 0.147. The smallest absolute Gasteiger partial charge is 0.269 e. The minimum absolute atomic E-state index is 0.0151. The Morgan fingerprint density at radius 2 is 1.86 bits per heavy atom. The van der Waals surface area contributed by atoms with Gasteiger partial charge in [0.1, 0.15) is 5.78 Å². The van der Waals surface area contributed by atoms with Gasteiger partial charge in [0.05, 0.1) is 10.2 Å². The van der Waals surface area contributed by atoms with Crippen molar-refractivity contribution in [1.29, 1.82) is 0 Å². The maximum absolute atomic E-state index is 12.6. The summed E-state index contributed by atoms with van der Waals surface area (Å²) < 4.78 is 0. The van der Waals surface area contributed by atoms with Crippen LogP contribution in [0.25, 0.3) is 0 Å². The number of carbonyl (C=O) groups excluding carboxylic acids is 1. The molecule has 2 fully saturated rings. The highest BCUT2D eigenvalue weighted by Crippen LogP contribution is 2.67. The maximum Gasteiger partial charge on any atom is 0.269 e. The molecule has 0 amide bonds. The van der Waals surface area contributed by atoms with Gasteiger partial charge in [-0.3, -0.25) is 14.9 Å². The molecule has 2 bridgehead atoms. The maximum atomic E-state index is 12.6. The Bertz CT molecular complexity index is 610. The number of fused-ring (bicyclic) bond motifs is 2. The first kappa shape index (κ1) is 14.6. The van der Waals surface area contributed by atoms with E-state index in [4.69, 9.17) is 0 Å². The minimum Gasteiger partial charge on any atom is -0.298 e. The zero-order valence-corrected chi connectivity index (χ0v) is 13.3. The molecule has 0 spiro atoms. The molecule has 3 rings (SSSR count). The number of hydrogen-bond acceptors (Lipinski definition) is 4. The summed E-state index contributed by atoms with van der Waals surface area (Å²) >= 11 is 1.57. The highest BCUT2D eigenvalue weighted by Gasteiger charge is 2.66. The standard InChI is InChI=1S/C16H19NO3S/c1-15(2)12-8-9-16(15,3)14(13(12)18)21-11-6-4-10(5-7-11)17(19)20/h4-7,12,14H,8-9H2,1-3H3/t12-,14+,16-/m0/s1. The lowest BCUT2D eigenvalue weighted by atomic mass is 9.71. The molecule has 0 heterocycles. The highest BCUT2D eigenvalue weighted by atomic mass is 32.2. The zero-order valence-electron chi connectivity index (χ0n) is 12.5. The Balaban J connectivity index is 1.85. The Morgan fingerprint density at radius 3 is 2.33 bits per heavy atom. The van der Waals surface area contributed by atoms with E-state index in [9.17, 15) is 14.9 Å². The summed E-state index contributed by atoms with van der Waals surface area (Å²) in [5.74, 6) is 0.523. The summed E-state index contributed by atoms with van der Waals surface area (Å²) in [6.07, 6.45) is 2.08. The Hall–Kier alpha value is -1.36. The van der Waals surface area contributed by atoms with Crippen molar-refractivity contribution in [3.63, 3.8) is 0 Å². The molecule has 1 aromatic rings. The molecule has 0 aliphatic heterocycles. The number of rotatable bonds is 3. The van der Waals surface area contributed by atoms with E-state index in [1.165, 1.54) is 12.1 Å². The van der Waals surface area contributed by atoms with Crippen LogP contribution < -0.4 is 0 Å². The lowest BCUT2D eigenvalue weighted by molar-refractivity contribution is -0.384. The number of benzene rings is 1. The van der Waals surface area contributed by atoms with Gasteiger partial charge in [-0.05, 0) is 35.8 Å². The molecule has 1 aromatic carbocycles. The van der Waals surface area contributed by atoms with Crippen molar-refractivity contribution in [3.05, 3.63) is 34.4 Å². The van der Waals surface area contributed by atoms with Gasteiger partial charge in [-0.25, -0.2) is 0 Å². The topological polar surface area (TPSA) is 60.2 Å². The molecular formula is C16H19NO3S. The first-order chi connectivity index (χ1) is 9.77. The number of nitro benzene ring substituents is 1. The number of non-ortho nitro benzene ring substituents is 1. The van der Waals surface area contributed by atoms with Crippen molar-refractivity contribution >= 4 is 23.2 Å². The van der Waals surface area contributed by atoms with Crippen LogP contribution in [0.5, 0.6) is 0 Å². The van der Waals surface area contributed by atoms with Gasteiger partial charge >= 0.3 is 0 Å². The average Bonchev–Trinajstić information content (AvgIpc) is 2.73. The van der Waals surface area contributed by atoms with Gasteiger partial charge in [0.2, 0.25) is 0 Å². The first-order valence-electron chi connectivity index (χ1n) is 7.22. The predicted molar refractivity (Wildman–Crippen MR) is 82.4 cm³/mol. The SMILES string of the molecule is CC1(C)[C@H]2CC[C@@]1(C)[C@H](Sc1ccc([N+](=O)[O-])cc1)C2=O. The van der Waals surface area contributed by atoms with E-state index in [0.717, 1.165) is 17.7 Å². The van der Waals surface area contributed by atoms with E-state index in [1.54, 1.807) is 23.9 Å². The van der Waals surface area contributed by atoms with Crippen molar-refractivity contribution in [2.75, 3.05) is 0 Å². The molecule has 112 valence electrons. The van der Waals surface area contributed by atoms with Gasteiger partial charge in [0.15, 0.2) is 0 Å². The van der Waals surface area contributed by atoms with Gasteiger partial charge in [0, 0.05) is 22.9 Å². The van der Waals surface area contributed by atoms with Crippen LogP contribution >= 0.6 is 11.8 Å². The number of nitro groups is 1. The van der Waals surface area contributed by atoms with E-state index in [-0.39, 0.29) is 27.7 Å². The molecule has 5 heteroatoms. The van der Waals surface area contributed by atoms with Crippen molar-refractivity contribution in [2.24, 2.45) is 16.7 Å². The molecule has 2 saturated carbocycles. The second-order valence-electron chi connectivity index (χ2n) is 6.88. The summed E-state index contributed by atoms with van der Waals surface area (Å²) in [7, 11) is 0. The average molecular weight is 305 g/mol. The fourth-order valence-corrected chi connectivity index (χ4v) is 5.49. The summed E-state index contributed by atoms with van der Waals surface area (Å²) in [5, 5.41) is 10.7. The van der Waals surface area contributed by atoms with Crippen LogP contribution in [0.4, 0.5) is 5.69 Å². The monoisotopic (exact) mass is 305 g/mol. The lowest BCUT2D eigenvalue weighted by Crippen LogP contribution is -2.35. The largest absolute Gasteiger partial charge is 0.298 e. The number of Topliss-reactive ketones (excluding diaryl/α,β-unsaturated/α-hetero) is 1. The number of carbonyl (C=O) groups is 1. The number of hydrogen-bond donors (Lipinski definition) is 0. The predicted octanol–water partition coefficient (Wildman–Crippen LogP) is 4.08. The third-order valence-electron chi connectivity index (χ3n) is 5.78. The molecule has 0 radical (unpaired) electrons. The van der Waals surface area contributed by atoms with Gasteiger partial charge in [0.25, 0.3) is 5.69 Å². The van der Waals surface area contributed by atoms with Gasteiger partial charge in [-0.15, -0.1) is 11.8 Å². The molecule has 2 aliphatic rings. The summed E-state index contributed by atoms with van der Waals surface area (Å²) in [6.45, 7) is 6.64. The molecule has 2 aliphatic carbocycles. The van der Waals surface area contributed by atoms with Gasteiger partial charge in [-0.1, -0.05) is 20.8 Å². The van der Waals surface area contributed by atoms with Crippen LogP contribution in [0.1, 0.15) is 33.6 Å². The Morgan fingerprint density at radius 1 is 1.24 bits per heavy atom. The third kappa shape index (κ3) is 1.94. The van der Waals surface area contributed by atoms with E-state index >= 15 is 0 Å². The van der Waals surface area contributed by atoms with E-state index in [0.29, 0.717) is 5.78 Å². The fraction of sp³-hybridized carbons (Fsp3) is 0.562. The normalized spacial score (nSPS) is 33.4. The van der Waals surface area contributed by atoms with Crippen LogP contribution in [0.2, 0.25) is 0 Å². The van der Waals surface area contributed by atoms with Gasteiger partial charge < -0.3 is 0 Å². The second kappa shape index (κ2) is 4.57. The molecule has 21 heavy (non-hydrogen) atoms. The molecule has 0 unspecified atom stereocenters. The number of ketones is 1. The molecular weight excluding hydrogens is 286 g/mol. The minimum atomic E-state index is -0.401. The van der Waals surface area contributed by atoms with Crippen LogP contribution in [0.15, 0.2) is 29.2 Å². The van der Waals surface area contributed by atoms with Crippen LogP contribution in [-0.2, 0) is 4.79 Å². The zero-order chi connectivity index (χ0) is 15.4. The van der Waals surface area contributed by atoms with Crippen molar-refractivity contribution < 1.29 is 9.72 Å². The highest BCUT2D eigenvalue weighted by molar-refractivity contribution is 8.00. The lowest BCUT2D eigenvalue weighted by Gasteiger charge is -2.37. The van der Waals surface area contributed by atoms with E-state index in [1.807, 2.05) is 0 Å². The Labute approximate surface area is 128 Å². The third-order valence-corrected chi connectivity index (χ3v) is 7.31.